The Morgan fingerprint density at radius 1 is 1.00 bits per heavy atom. The Balaban J connectivity index is 1.57. The third kappa shape index (κ3) is 5.89. The Kier molecular flexibility index (Phi) is 6.62. The van der Waals surface area contributed by atoms with E-state index in [2.05, 4.69) is 0 Å². The predicted octanol–water partition coefficient (Wildman–Crippen LogP) is 3.62. The molecule has 1 aliphatic heterocycles. The second-order valence-electron chi connectivity index (χ2n) is 7.07. The largest absolute Gasteiger partial charge is 0.416 e. The minimum Gasteiger partial charge on any atom is -0.368 e. The van der Waals surface area contributed by atoms with Crippen molar-refractivity contribution in [1.82, 2.24) is 4.90 Å². The van der Waals surface area contributed by atoms with Crippen LogP contribution < -0.4 is 4.90 Å². The van der Waals surface area contributed by atoms with Gasteiger partial charge in [0.2, 0.25) is 5.91 Å². The Labute approximate surface area is 178 Å². The highest BCUT2D eigenvalue weighted by Crippen LogP contribution is 2.31. The zero-order valence-electron chi connectivity index (χ0n) is 15.9. The van der Waals surface area contributed by atoms with Crippen LogP contribution in [0.5, 0.6) is 0 Å². The lowest BCUT2D eigenvalue weighted by Crippen LogP contribution is -2.50. The highest BCUT2D eigenvalue weighted by atomic mass is 35.5. The van der Waals surface area contributed by atoms with Gasteiger partial charge in [0, 0.05) is 36.9 Å². The fraction of sp³-hybridized carbons (Fsp3) is 0.350. The van der Waals surface area contributed by atoms with Crippen LogP contribution in [0.4, 0.5) is 18.9 Å². The number of amides is 1. The fourth-order valence-corrected chi connectivity index (χ4v) is 4.75. The number of nitrogens with zero attached hydrogens (tertiary/aromatic N) is 2. The molecule has 2 aromatic rings. The average Bonchev–Trinajstić information content (AvgIpc) is 2.69. The number of piperazine rings is 1. The SMILES string of the molecule is O=C(CS(=O)(=O)Cc1ccc(Cl)cc1)N1CCN(c2cccc(C(F)(F)F)c2)CC1. The van der Waals surface area contributed by atoms with E-state index in [9.17, 15) is 26.4 Å². The molecule has 0 aliphatic carbocycles. The molecule has 0 saturated carbocycles. The number of carbonyl (C=O) groups excluding carboxylic acids is 1. The molecule has 0 bridgehead atoms. The zero-order valence-corrected chi connectivity index (χ0v) is 17.5. The summed E-state index contributed by atoms with van der Waals surface area (Å²) in [5, 5.41) is 0.492. The third-order valence-corrected chi connectivity index (χ3v) is 6.53. The highest BCUT2D eigenvalue weighted by molar-refractivity contribution is 7.91. The van der Waals surface area contributed by atoms with E-state index in [0.717, 1.165) is 12.1 Å². The lowest BCUT2D eigenvalue weighted by atomic mass is 10.1. The molecule has 1 heterocycles. The number of benzene rings is 2. The van der Waals surface area contributed by atoms with Crippen molar-refractivity contribution in [2.24, 2.45) is 0 Å². The van der Waals surface area contributed by atoms with Gasteiger partial charge in [-0.2, -0.15) is 13.2 Å². The Bertz CT molecular complexity index is 1000. The summed E-state index contributed by atoms with van der Waals surface area (Å²) < 4.78 is 63.4. The molecule has 2 aromatic carbocycles. The van der Waals surface area contributed by atoms with Crippen LogP contribution in [-0.2, 0) is 26.6 Å². The molecular formula is C20H20ClF3N2O3S. The van der Waals surface area contributed by atoms with E-state index in [1.165, 1.54) is 11.0 Å². The molecular weight excluding hydrogens is 441 g/mol. The molecule has 10 heteroatoms. The topological polar surface area (TPSA) is 57.7 Å². The lowest BCUT2D eigenvalue weighted by molar-refractivity contribution is -0.137. The number of carbonyl (C=O) groups is 1. The number of alkyl halides is 3. The van der Waals surface area contributed by atoms with Gasteiger partial charge in [0.1, 0.15) is 5.75 Å². The molecule has 30 heavy (non-hydrogen) atoms. The van der Waals surface area contributed by atoms with E-state index in [-0.39, 0.29) is 18.8 Å². The van der Waals surface area contributed by atoms with Gasteiger partial charge in [-0.25, -0.2) is 8.42 Å². The Morgan fingerprint density at radius 3 is 2.23 bits per heavy atom. The van der Waals surface area contributed by atoms with E-state index in [1.807, 2.05) is 0 Å². The van der Waals surface area contributed by atoms with Crippen LogP contribution in [0.15, 0.2) is 48.5 Å². The maximum atomic E-state index is 12.9. The molecule has 0 atom stereocenters. The van der Waals surface area contributed by atoms with Crippen molar-refractivity contribution >= 4 is 33.0 Å². The summed E-state index contributed by atoms with van der Waals surface area (Å²) in [7, 11) is -3.66. The molecule has 0 N–H and O–H groups in total. The summed E-state index contributed by atoms with van der Waals surface area (Å²) in [4.78, 5) is 15.6. The van der Waals surface area contributed by atoms with Crippen LogP contribution in [0.1, 0.15) is 11.1 Å². The number of hydrogen-bond acceptors (Lipinski definition) is 4. The van der Waals surface area contributed by atoms with Gasteiger partial charge >= 0.3 is 6.18 Å². The van der Waals surface area contributed by atoms with Crippen molar-refractivity contribution in [1.29, 1.82) is 0 Å². The van der Waals surface area contributed by atoms with Crippen LogP contribution >= 0.6 is 11.6 Å². The predicted molar refractivity (Wildman–Crippen MR) is 109 cm³/mol. The highest BCUT2D eigenvalue weighted by Gasteiger charge is 2.31. The first-order valence-corrected chi connectivity index (χ1v) is 11.4. The summed E-state index contributed by atoms with van der Waals surface area (Å²) >= 11 is 5.79. The summed E-state index contributed by atoms with van der Waals surface area (Å²) in [5.74, 6) is -1.38. The van der Waals surface area contributed by atoms with Gasteiger partial charge in [-0.1, -0.05) is 29.8 Å². The summed E-state index contributed by atoms with van der Waals surface area (Å²) in [6.45, 7) is 1.13. The minimum atomic E-state index is -4.42. The second-order valence-corrected chi connectivity index (χ2v) is 9.58. The monoisotopic (exact) mass is 460 g/mol. The molecule has 1 fully saturated rings. The normalized spacial score (nSPS) is 15.3. The van der Waals surface area contributed by atoms with Crippen LogP contribution in [0.3, 0.4) is 0 Å². The van der Waals surface area contributed by atoms with Gasteiger partial charge in [-0.05, 0) is 35.9 Å². The van der Waals surface area contributed by atoms with Gasteiger partial charge < -0.3 is 9.80 Å². The number of anilines is 1. The summed E-state index contributed by atoms with van der Waals surface area (Å²) in [5.41, 5.74) is 0.237. The molecule has 0 radical (unpaired) electrons. The molecule has 5 nitrogen and oxygen atoms in total. The molecule has 0 unspecified atom stereocenters. The third-order valence-electron chi connectivity index (χ3n) is 4.81. The molecule has 1 aliphatic rings. The van der Waals surface area contributed by atoms with E-state index < -0.39 is 33.2 Å². The van der Waals surface area contributed by atoms with Crippen LogP contribution in [0.2, 0.25) is 5.02 Å². The average molecular weight is 461 g/mol. The quantitative estimate of drug-likeness (QED) is 0.684. The first-order chi connectivity index (χ1) is 14.0. The molecule has 0 spiro atoms. The van der Waals surface area contributed by atoms with Gasteiger partial charge in [0.25, 0.3) is 0 Å². The van der Waals surface area contributed by atoms with E-state index in [0.29, 0.717) is 29.4 Å². The van der Waals surface area contributed by atoms with Crippen molar-refractivity contribution < 1.29 is 26.4 Å². The molecule has 1 amide bonds. The summed E-state index contributed by atoms with van der Waals surface area (Å²) in [6, 6.07) is 11.4. The Hall–Kier alpha value is -2.26. The van der Waals surface area contributed by atoms with Gasteiger partial charge in [0.05, 0.1) is 11.3 Å². The van der Waals surface area contributed by atoms with Gasteiger partial charge in [-0.3, -0.25) is 4.79 Å². The fourth-order valence-electron chi connectivity index (χ4n) is 3.26. The molecule has 0 aromatic heterocycles. The molecule has 162 valence electrons. The van der Waals surface area contributed by atoms with E-state index >= 15 is 0 Å². The number of halogens is 4. The maximum Gasteiger partial charge on any atom is 0.416 e. The molecule has 3 rings (SSSR count). The van der Waals surface area contributed by atoms with E-state index in [4.69, 9.17) is 11.6 Å². The van der Waals surface area contributed by atoms with Crippen molar-refractivity contribution in [2.45, 2.75) is 11.9 Å². The van der Waals surface area contributed by atoms with Gasteiger partial charge in [-0.15, -0.1) is 0 Å². The minimum absolute atomic E-state index is 0.242. The van der Waals surface area contributed by atoms with E-state index in [1.54, 1.807) is 35.2 Å². The molecule has 1 saturated heterocycles. The zero-order chi connectivity index (χ0) is 21.9. The van der Waals surface area contributed by atoms with Gasteiger partial charge in [0.15, 0.2) is 9.84 Å². The smallest absolute Gasteiger partial charge is 0.368 e. The number of sulfone groups is 1. The van der Waals surface area contributed by atoms with Crippen LogP contribution in [0.25, 0.3) is 0 Å². The van der Waals surface area contributed by atoms with Crippen molar-refractivity contribution in [3.8, 4) is 0 Å². The maximum absolute atomic E-state index is 12.9. The van der Waals surface area contributed by atoms with Crippen molar-refractivity contribution in [2.75, 3.05) is 36.8 Å². The number of hydrogen-bond donors (Lipinski definition) is 0. The van der Waals surface area contributed by atoms with Crippen molar-refractivity contribution in [3.05, 3.63) is 64.7 Å². The first-order valence-electron chi connectivity index (χ1n) is 9.18. The van der Waals surface area contributed by atoms with Crippen LogP contribution in [-0.4, -0.2) is 51.2 Å². The second kappa shape index (κ2) is 8.85. The van der Waals surface area contributed by atoms with Crippen molar-refractivity contribution in [3.63, 3.8) is 0 Å². The van der Waals surface area contributed by atoms with Crippen LogP contribution in [0, 0.1) is 0 Å². The Morgan fingerprint density at radius 2 is 1.63 bits per heavy atom. The summed E-state index contributed by atoms with van der Waals surface area (Å²) in [6.07, 6.45) is -4.42. The number of rotatable bonds is 5. The standard InChI is InChI=1S/C20H20ClF3N2O3S/c21-17-6-4-15(5-7-17)13-30(28,29)14-19(27)26-10-8-25(9-11-26)18-3-1-2-16(12-18)20(22,23)24/h1-7,12H,8-11,13-14H2. The first kappa shape index (κ1) is 22.4. The lowest BCUT2D eigenvalue weighted by Gasteiger charge is -2.36.